The number of unbranched alkanes of at least 4 members (excludes halogenated alkanes) is 1. The maximum absolute atomic E-state index is 10.1. The molecule has 1 radical (unpaired) electrons. The van der Waals surface area contributed by atoms with Crippen LogP contribution in [0.5, 0.6) is 0 Å². The van der Waals surface area contributed by atoms with Crippen LogP contribution in [0.2, 0.25) is 10.0 Å². The van der Waals surface area contributed by atoms with Gasteiger partial charge in [-0.25, -0.2) is 4.79 Å². The van der Waals surface area contributed by atoms with E-state index in [0.29, 0.717) is 28.6 Å². The zero-order chi connectivity index (χ0) is 17.0. The van der Waals surface area contributed by atoms with E-state index in [1.54, 1.807) is 18.2 Å². The number of carbonyl (C=O) groups excluding carboxylic acids is 1. The maximum atomic E-state index is 10.1. The molecular formula is C14H19Cl2N2O4. The zero-order valence-corrected chi connectivity index (χ0v) is 13.4. The number of aliphatic carboxylic acids is 1. The zero-order valence-electron chi connectivity index (χ0n) is 11.9. The fourth-order valence-corrected chi connectivity index (χ4v) is 1.84. The van der Waals surface area contributed by atoms with Crippen molar-refractivity contribution in [3.8, 4) is 0 Å². The SMILES string of the molecule is NCCCCC(N)C(=O)O.O=[C]OCc1ccc(Cl)cc1Cl. The van der Waals surface area contributed by atoms with Crippen LogP contribution in [0.15, 0.2) is 18.2 Å². The Morgan fingerprint density at radius 3 is 2.55 bits per heavy atom. The number of carboxylic acids is 1. The predicted molar refractivity (Wildman–Crippen MR) is 85.5 cm³/mol. The van der Waals surface area contributed by atoms with E-state index in [4.69, 9.17) is 39.8 Å². The van der Waals surface area contributed by atoms with E-state index >= 15 is 0 Å². The highest BCUT2D eigenvalue weighted by Crippen LogP contribution is 2.21. The number of carboxylic acid groups (broad SMARTS) is 1. The highest BCUT2D eigenvalue weighted by Gasteiger charge is 2.09. The largest absolute Gasteiger partial charge is 0.480 e. The first-order valence-corrected chi connectivity index (χ1v) is 7.29. The van der Waals surface area contributed by atoms with Gasteiger partial charge in [-0.05, 0) is 31.5 Å². The average Bonchev–Trinajstić information content (AvgIpc) is 2.47. The van der Waals surface area contributed by atoms with E-state index in [2.05, 4.69) is 4.74 Å². The number of carbonyl (C=O) groups is 1. The number of hydrogen-bond donors (Lipinski definition) is 3. The lowest BCUT2D eigenvalue weighted by Gasteiger charge is -2.03. The van der Waals surface area contributed by atoms with Crippen LogP contribution in [-0.4, -0.2) is 30.1 Å². The molecule has 22 heavy (non-hydrogen) atoms. The van der Waals surface area contributed by atoms with Crippen molar-refractivity contribution < 1.29 is 19.4 Å². The van der Waals surface area contributed by atoms with Crippen molar-refractivity contribution in [2.24, 2.45) is 11.5 Å². The summed E-state index contributed by atoms with van der Waals surface area (Å²) in [6.07, 6.45) is 2.16. The molecule has 0 amide bonds. The van der Waals surface area contributed by atoms with Crippen molar-refractivity contribution in [3.05, 3.63) is 33.8 Å². The first-order valence-electron chi connectivity index (χ1n) is 6.53. The van der Waals surface area contributed by atoms with Crippen LogP contribution in [0, 0.1) is 0 Å². The summed E-state index contributed by atoms with van der Waals surface area (Å²) in [5, 5.41) is 9.36. The standard InChI is InChI=1S/C8H5Cl2O2.C6H14N2O2/c9-7-2-1-6(4-12-5-11)8(10)3-7;7-4-2-1-3-5(8)6(9)10/h1-3H,4H2;5H,1-4,7-8H2,(H,9,10). The van der Waals surface area contributed by atoms with Gasteiger partial charge in [0.1, 0.15) is 12.6 Å². The fraction of sp³-hybridized carbons (Fsp3) is 0.429. The summed E-state index contributed by atoms with van der Waals surface area (Å²) < 4.78 is 4.41. The van der Waals surface area contributed by atoms with Crippen molar-refractivity contribution in [2.75, 3.05) is 6.54 Å². The second-order valence-electron chi connectivity index (χ2n) is 4.34. The van der Waals surface area contributed by atoms with Gasteiger partial charge in [0, 0.05) is 15.6 Å². The minimum atomic E-state index is -0.933. The average molecular weight is 350 g/mol. The Morgan fingerprint density at radius 2 is 2.05 bits per heavy atom. The third-order valence-electron chi connectivity index (χ3n) is 2.59. The second-order valence-corrected chi connectivity index (χ2v) is 5.18. The van der Waals surface area contributed by atoms with Gasteiger partial charge in [-0.2, -0.15) is 0 Å². The molecule has 6 nitrogen and oxygen atoms in total. The van der Waals surface area contributed by atoms with E-state index in [-0.39, 0.29) is 6.61 Å². The smallest absolute Gasteiger partial charge is 0.417 e. The maximum Gasteiger partial charge on any atom is 0.417 e. The molecule has 1 aromatic rings. The van der Waals surface area contributed by atoms with Gasteiger partial charge >= 0.3 is 12.4 Å². The first kappa shape index (κ1) is 20.7. The summed E-state index contributed by atoms with van der Waals surface area (Å²) in [6.45, 7) is 2.04. The van der Waals surface area contributed by atoms with Gasteiger partial charge in [-0.3, -0.25) is 4.79 Å². The first-order chi connectivity index (χ1) is 10.4. The molecule has 0 aliphatic heterocycles. The molecule has 0 fully saturated rings. The van der Waals surface area contributed by atoms with Crippen molar-refractivity contribution in [1.82, 2.24) is 0 Å². The van der Waals surface area contributed by atoms with Gasteiger partial charge in [0.05, 0.1) is 0 Å². The third-order valence-corrected chi connectivity index (χ3v) is 3.18. The van der Waals surface area contributed by atoms with E-state index in [1.165, 1.54) is 6.47 Å². The van der Waals surface area contributed by atoms with Gasteiger partial charge in [-0.15, -0.1) is 0 Å². The lowest BCUT2D eigenvalue weighted by Crippen LogP contribution is -2.29. The molecule has 0 spiro atoms. The van der Waals surface area contributed by atoms with Gasteiger partial charge in [0.2, 0.25) is 0 Å². The molecule has 0 bridgehead atoms. The molecule has 5 N–H and O–H groups in total. The monoisotopic (exact) mass is 349 g/mol. The van der Waals surface area contributed by atoms with Crippen LogP contribution in [-0.2, 0) is 20.9 Å². The Kier molecular flexibility index (Phi) is 11.5. The van der Waals surface area contributed by atoms with E-state index in [0.717, 1.165) is 12.8 Å². The molecule has 123 valence electrons. The normalized spacial score (nSPS) is 11.1. The lowest BCUT2D eigenvalue weighted by molar-refractivity contribution is -0.138. The Bertz CT molecular complexity index is 472. The highest BCUT2D eigenvalue weighted by molar-refractivity contribution is 6.35. The predicted octanol–water partition coefficient (Wildman–Crippen LogP) is 2.10. The minimum absolute atomic E-state index is 0.125. The molecule has 0 aromatic heterocycles. The molecule has 0 aliphatic rings. The number of benzene rings is 1. The van der Waals surface area contributed by atoms with Crippen LogP contribution >= 0.6 is 23.2 Å². The molecule has 0 saturated heterocycles. The second kappa shape index (κ2) is 12.2. The molecule has 1 unspecified atom stereocenters. The Morgan fingerprint density at radius 1 is 1.36 bits per heavy atom. The van der Waals surface area contributed by atoms with E-state index in [1.807, 2.05) is 0 Å². The van der Waals surface area contributed by atoms with Crippen molar-refractivity contribution in [3.63, 3.8) is 0 Å². The molecule has 0 heterocycles. The summed E-state index contributed by atoms with van der Waals surface area (Å²) in [5.41, 5.74) is 11.1. The van der Waals surface area contributed by atoms with Crippen LogP contribution in [0.25, 0.3) is 0 Å². The van der Waals surface area contributed by atoms with E-state index in [9.17, 15) is 9.59 Å². The number of ether oxygens (including phenoxy) is 1. The topological polar surface area (TPSA) is 116 Å². The minimum Gasteiger partial charge on any atom is -0.480 e. The van der Waals surface area contributed by atoms with Gasteiger partial charge in [0.25, 0.3) is 0 Å². The van der Waals surface area contributed by atoms with Crippen molar-refractivity contribution in [1.29, 1.82) is 0 Å². The quantitative estimate of drug-likeness (QED) is 0.619. The number of halogens is 2. The summed E-state index contributed by atoms with van der Waals surface area (Å²) >= 11 is 11.4. The van der Waals surface area contributed by atoms with Crippen molar-refractivity contribution >= 4 is 35.6 Å². The molecular weight excluding hydrogens is 331 g/mol. The molecule has 0 aliphatic carbocycles. The Labute approximate surface area is 139 Å². The van der Waals surface area contributed by atoms with Crippen LogP contribution in [0.3, 0.4) is 0 Å². The lowest BCUT2D eigenvalue weighted by atomic mass is 10.1. The fourth-order valence-electron chi connectivity index (χ4n) is 1.38. The number of nitrogens with two attached hydrogens (primary N) is 2. The summed E-state index contributed by atoms with van der Waals surface area (Å²) in [7, 11) is 0. The van der Waals surface area contributed by atoms with Gasteiger partial charge in [-0.1, -0.05) is 35.7 Å². The summed E-state index contributed by atoms with van der Waals surface area (Å²) in [6, 6.07) is 4.25. The van der Waals surface area contributed by atoms with Crippen LogP contribution in [0.4, 0.5) is 0 Å². The van der Waals surface area contributed by atoms with E-state index < -0.39 is 12.0 Å². The Hall–Kier alpha value is -1.34. The molecule has 1 rings (SSSR count). The Balaban J connectivity index is 0.000000409. The molecule has 1 atom stereocenters. The van der Waals surface area contributed by atoms with Crippen LogP contribution in [0.1, 0.15) is 24.8 Å². The van der Waals surface area contributed by atoms with Gasteiger partial charge in [0.15, 0.2) is 0 Å². The number of hydrogen-bond acceptors (Lipinski definition) is 5. The molecule has 8 heteroatoms. The van der Waals surface area contributed by atoms with Crippen LogP contribution < -0.4 is 11.5 Å². The molecule has 1 aromatic carbocycles. The molecule has 0 saturated carbocycles. The third kappa shape index (κ3) is 9.57. The van der Waals surface area contributed by atoms with Gasteiger partial charge < -0.3 is 21.3 Å². The highest BCUT2D eigenvalue weighted by atomic mass is 35.5. The summed E-state index contributed by atoms with van der Waals surface area (Å²) in [5.74, 6) is -0.933. The van der Waals surface area contributed by atoms with Crippen molar-refractivity contribution in [2.45, 2.75) is 31.9 Å². The summed E-state index contributed by atoms with van der Waals surface area (Å²) in [4.78, 5) is 19.9. The number of rotatable bonds is 8.